The number of halogens is 1. The average Bonchev–Trinajstić information content (AvgIpc) is 2.83. The van der Waals surface area contributed by atoms with Gasteiger partial charge in [0.1, 0.15) is 17.3 Å². The zero-order chi connectivity index (χ0) is 25.4. The van der Waals surface area contributed by atoms with Crippen LogP contribution in [0.2, 0.25) is 0 Å². The summed E-state index contributed by atoms with van der Waals surface area (Å²) in [6.45, 7) is 8.70. The fourth-order valence-corrected chi connectivity index (χ4v) is 2.92. The van der Waals surface area contributed by atoms with E-state index in [1.165, 1.54) is 6.07 Å². The van der Waals surface area contributed by atoms with Gasteiger partial charge in [0.25, 0.3) is 0 Å². The molecule has 3 aromatic rings. The lowest BCUT2D eigenvalue weighted by Gasteiger charge is -2.06. The quantitative estimate of drug-likeness (QED) is 0.151. The van der Waals surface area contributed by atoms with E-state index in [0.717, 1.165) is 11.1 Å². The van der Waals surface area contributed by atoms with E-state index in [2.05, 4.69) is 6.58 Å². The van der Waals surface area contributed by atoms with Crippen LogP contribution in [0.5, 0.6) is 11.5 Å². The number of hydrogen-bond acceptors (Lipinski definition) is 4. The third kappa shape index (κ3) is 7.64. The number of rotatable bonds is 8. The first-order valence-corrected chi connectivity index (χ1v) is 11.2. The highest BCUT2D eigenvalue weighted by Gasteiger charge is 2.09. The van der Waals surface area contributed by atoms with Gasteiger partial charge in [-0.05, 0) is 53.9 Å². The summed E-state index contributed by atoms with van der Waals surface area (Å²) in [6.07, 6.45) is 7.08. The zero-order valence-electron chi connectivity index (χ0n) is 20.0. The van der Waals surface area contributed by atoms with Crippen LogP contribution in [-0.4, -0.2) is 11.9 Å². The maximum absolute atomic E-state index is 14.6. The first-order valence-electron chi connectivity index (χ1n) is 11.2. The molecular formula is C30H27FO4. The predicted molar refractivity (Wildman–Crippen MR) is 138 cm³/mol. The van der Waals surface area contributed by atoms with E-state index in [1.807, 2.05) is 36.4 Å². The summed E-state index contributed by atoms with van der Waals surface area (Å²) >= 11 is 0. The monoisotopic (exact) mass is 470 g/mol. The van der Waals surface area contributed by atoms with Crippen LogP contribution >= 0.6 is 0 Å². The Bertz CT molecular complexity index is 1280. The molecule has 0 aliphatic carbocycles. The Kier molecular flexibility index (Phi) is 8.52. The molecule has 0 unspecified atom stereocenters. The molecule has 0 N–H and O–H groups in total. The molecular weight excluding hydrogens is 443 g/mol. The molecule has 3 aromatic carbocycles. The summed E-state index contributed by atoms with van der Waals surface area (Å²) in [5.41, 5.74) is 3.12. The third-order valence-electron chi connectivity index (χ3n) is 4.94. The topological polar surface area (TPSA) is 52.6 Å². The fraction of sp³-hybridized carbons (Fsp3) is 0.133. The smallest absolute Gasteiger partial charge is 0.338 e. The maximum Gasteiger partial charge on any atom is 0.338 e. The molecule has 35 heavy (non-hydrogen) atoms. The van der Waals surface area contributed by atoms with Gasteiger partial charge in [0.05, 0.1) is 5.92 Å². The van der Waals surface area contributed by atoms with E-state index in [1.54, 1.807) is 69.3 Å². The van der Waals surface area contributed by atoms with Crippen molar-refractivity contribution in [1.82, 2.24) is 0 Å². The summed E-state index contributed by atoms with van der Waals surface area (Å²) in [7, 11) is 0. The number of hydrogen-bond donors (Lipinski definition) is 0. The van der Waals surface area contributed by atoms with E-state index < -0.39 is 5.97 Å². The van der Waals surface area contributed by atoms with Gasteiger partial charge in [0.2, 0.25) is 0 Å². The Morgan fingerprint density at radius 1 is 0.800 bits per heavy atom. The molecule has 0 aliphatic rings. The van der Waals surface area contributed by atoms with Crippen LogP contribution in [-0.2, 0) is 9.59 Å². The Hall–Kier alpha value is -4.25. The second kappa shape index (κ2) is 11.7. The number of esters is 2. The SMILES string of the molecule is C=C(C)C(=O)Oc1cccc(/C=C/c2ccc(/C=C/c3ccc(OC(=O)C(C)C)cc3)cc2F)c1. The van der Waals surface area contributed by atoms with Crippen LogP contribution in [0.25, 0.3) is 24.3 Å². The van der Waals surface area contributed by atoms with E-state index in [0.29, 0.717) is 28.2 Å². The number of benzene rings is 3. The summed E-state index contributed by atoms with van der Waals surface area (Å²) < 4.78 is 25.1. The Morgan fingerprint density at radius 2 is 1.43 bits per heavy atom. The van der Waals surface area contributed by atoms with E-state index in [9.17, 15) is 14.0 Å². The molecule has 0 heterocycles. The van der Waals surface area contributed by atoms with E-state index >= 15 is 0 Å². The molecule has 0 saturated heterocycles. The molecule has 0 aliphatic heterocycles. The summed E-state index contributed by atoms with van der Waals surface area (Å²) in [4.78, 5) is 23.4. The molecule has 0 saturated carbocycles. The molecule has 0 spiro atoms. The summed E-state index contributed by atoms with van der Waals surface area (Å²) in [5, 5.41) is 0. The van der Waals surface area contributed by atoms with Crippen LogP contribution in [0.15, 0.2) is 78.9 Å². The van der Waals surface area contributed by atoms with Gasteiger partial charge in [-0.2, -0.15) is 0 Å². The summed E-state index contributed by atoms with van der Waals surface area (Å²) in [5.74, 6) is -0.444. The van der Waals surface area contributed by atoms with Crippen molar-refractivity contribution in [2.45, 2.75) is 20.8 Å². The van der Waals surface area contributed by atoms with E-state index in [-0.39, 0.29) is 17.7 Å². The molecule has 5 heteroatoms. The van der Waals surface area contributed by atoms with Crippen molar-refractivity contribution in [2.75, 3.05) is 0 Å². The number of carbonyl (C=O) groups excluding carboxylic acids is 2. The highest BCUT2D eigenvalue weighted by molar-refractivity contribution is 5.89. The van der Waals surface area contributed by atoms with Gasteiger partial charge in [-0.15, -0.1) is 0 Å². The molecule has 0 amide bonds. The largest absolute Gasteiger partial charge is 0.426 e. The van der Waals surface area contributed by atoms with Gasteiger partial charge in [-0.1, -0.05) is 81.1 Å². The highest BCUT2D eigenvalue weighted by Crippen LogP contribution is 2.20. The molecule has 0 atom stereocenters. The van der Waals surface area contributed by atoms with Crippen molar-refractivity contribution in [3.63, 3.8) is 0 Å². The Morgan fingerprint density at radius 3 is 2.09 bits per heavy atom. The van der Waals surface area contributed by atoms with Crippen molar-refractivity contribution in [2.24, 2.45) is 5.92 Å². The highest BCUT2D eigenvalue weighted by atomic mass is 19.1. The second-order valence-corrected chi connectivity index (χ2v) is 8.33. The Balaban J connectivity index is 1.65. The molecule has 0 bridgehead atoms. The van der Waals surface area contributed by atoms with Crippen LogP contribution in [0, 0.1) is 11.7 Å². The normalized spacial score (nSPS) is 11.2. The minimum Gasteiger partial charge on any atom is -0.426 e. The molecule has 0 radical (unpaired) electrons. The zero-order valence-corrected chi connectivity index (χ0v) is 20.0. The minimum atomic E-state index is -0.494. The Labute approximate surface area is 205 Å². The van der Waals surface area contributed by atoms with E-state index in [4.69, 9.17) is 9.47 Å². The molecule has 3 rings (SSSR count). The van der Waals surface area contributed by atoms with Crippen LogP contribution < -0.4 is 9.47 Å². The van der Waals surface area contributed by atoms with Gasteiger partial charge >= 0.3 is 11.9 Å². The van der Waals surface area contributed by atoms with Crippen LogP contribution in [0.1, 0.15) is 43.0 Å². The minimum absolute atomic E-state index is 0.196. The first-order chi connectivity index (χ1) is 16.7. The number of carbonyl (C=O) groups is 2. The maximum atomic E-state index is 14.6. The van der Waals surface area contributed by atoms with Crippen molar-refractivity contribution >= 4 is 36.2 Å². The second-order valence-electron chi connectivity index (χ2n) is 8.33. The third-order valence-corrected chi connectivity index (χ3v) is 4.94. The lowest BCUT2D eigenvalue weighted by molar-refractivity contribution is -0.137. The van der Waals surface area contributed by atoms with Crippen molar-refractivity contribution in [1.29, 1.82) is 0 Å². The summed E-state index contributed by atoms with van der Waals surface area (Å²) in [6, 6.07) is 19.0. The van der Waals surface area contributed by atoms with Gasteiger partial charge in [-0.25, -0.2) is 9.18 Å². The van der Waals surface area contributed by atoms with Crippen molar-refractivity contribution < 1.29 is 23.5 Å². The lowest BCUT2D eigenvalue weighted by atomic mass is 10.1. The van der Waals surface area contributed by atoms with Gasteiger partial charge in [0, 0.05) is 11.1 Å². The number of ether oxygens (including phenoxy) is 2. The van der Waals surface area contributed by atoms with Crippen molar-refractivity contribution in [3.8, 4) is 11.5 Å². The average molecular weight is 471 g/mol. The van der Waals surface area contributed by atoms with Gasteiger partial charge < -0.3 is 9.47 Å². The van der Waals surface area contributed by atoms with Gasteiger partial charge in [0.15, 0.2) is 0 Å². The lowest BCUT2D eigenvalue weighted by Crippen LogP contribution is -2.14. The molecule has 0 fully saturated rings. The van der Waals surface area contributed by atoms with Crippen molar-refractivity contribution in [3.05, 3.63) is 107 Å². The first kappa shape index (κ1) is 25.4. The standard InChI is InChI=1S/C30H27FO4/c1-20(2)29(32)34-26-16-12-22(13-17-26)8-9-24-11-15-25(28(31)19-24)14-10-23-6-5-7-27(18-23)35-30(33)21(3)4/h5-20H,3H2,1-2,4H3/b9-8+,14-10+. The van der Waals surface area contributed by atoms with Crippen LogP contribution in [0.4, 0.5) is 4.39 Å². The predicted octanol–water partition coefficient (Wildman–Crippen LogP) is 7.21. The fourth-order valence-electron chi connectivity index (χ4n) is 2.92. The van der Waals surface area contributed by atoms with Gasteiger partial charge in [-0.3, -0.25) is 4.79 Å². The molecule has 4 nitrogen and oxygen atoms in total. The van der Waals surface area contributed by atoms with Crippen LogP contribution in [0.3, 0.4) is 0 Å². The molecule has 0 aromatic heterocycles. The molecule has 178 valence electrons.